The fourth-order valence-electron chi connectivity index (χ4n) is 0.723. The average Bonchev–Trinajstić information content (AvgIpc) is 1.97. The highest BCUT2D eigenvalue weighted by atomic mass is 16.5. The summed E-state index contributed by atoms with van der Waals surface area (Å²) < 4.78 is 4.78. The van der Waals surface area contributed by atoms with E-state index in [9.17, 15) is 4.79 Å². The Hall–Kier alpha value is -0.790. The third-order valence-corrected chi connectivity index (χ3v) is 1.34. The Bertz CT molecular complexity index is 128. The molecule has 0 amide bonds. The Balaban J connectivity index is 3.14. The molecule has 0 saturated carbocycles. The van der Waals surface area contributed by atoms with Gasteiger partial charge in [-0.3, -0.25) is 0 Å². The van der Waals surface area contributed by atoms with E-state index in [1.165, 1.54) is 6.08 Å². The van der Waals surface area contributed by atoms with Crippen molar-refractivity contribution in [1.82, 2.24) is 0 Å². The van der Waals surface area contributed by atoms with Gasteiger partial charge in [-0.25, -0.2) is 4.79 Å². The first-order valence-corrected chi connectivity index (χ1v) is 3.96. The monoisotopic (exact) mass is 156 g/mol. The predicted molar refractivity (Wildman–Crippen MR) is 45.2 cm³/mol. The maximum Gasteiger partial charge on any atom is 0.330 e. The van der Waals surface area contributed by atoms with Gasteiger partial charge in [0, 0.05) is 6.08 Å². The van der Waals surface area contributed by atoms with Gasteiger partial charge in [-0.15, -0.1) is 0 Å². The van der Waals surface area contributed by atoms with E-state index in [4.69, 9.17) is 4.74 Å². The van der Waals surface area contributed by atoms with Crippen LogP contribution in [0.4, 0.5) is 0 Å². The SMILES string of the molecule is C=CC(=O)OCCCC(C)C. The van der Waals surface area contributed by atoms with Crippen LogP contribution in [0, 0.1) is 5.92 Å². The number of esters is 1. The van der Waals surface area contributed by atoms with Gasteiger partial charge in [-0.1, -0.05) is 20.4 Å². The molecule has 0 aromatic heterocycles. The maximum absolute atomic E-state index is 10.5. The summed E-state index contributed by atoms with van der Waals surface area (Å²) in [5.41, 5.74) is 0. The Morgan fingerprint density at radius 1 is 1.64 bits per heavy atom. The van der Waals surface area contributed by atoms with Gasteiger partial charge in [-0.2, -0.15) is 0 Å². The third-order valence-electron chi connectivity index (χ3n) is 1.34. The lowest BCUT2D eigenvalue weighted by molar-refractivity contribution is -0.137. The number of carbonyl (C=O) groups excluding carboxylic acids is 1. The molecule has 0 saturated heterocycles. The molecule has 0 aromatic rings. The molecule has 2 nitrogen and oxygen atoms in total. The first-order chi connectivity index (χ1) is 5.16. The molecule has 0 rings (SSSR count). The van der Waals surface area contributed by atoms with Crippen molar-refractivity contribution in [2.24, 2.45) is 5.92 Å². The Morgan fingerprint density at radius 2 is 2.27 bits per heavy atom. The van der Waals surface area contributed by atoms with E-state index in [0.717, 1.165) is 12.8 Å². The molecule has 0 radical (unpaired) electrons. The van der Waals surface area contributed by atoms with E-state index >= 15 is 0 Å². The molecule has 2 heteroatoms. The van der Waals surface area contributed by atoms with Crippen LogP contribution in [0.2, 0.25) is 0 Å². The molecular formula is C9H16O2. The zero-order valence-corrected chi connectivity index (χ0v) is 7.30. The largest absolute Gasteiger partial charge is 0.463 e. The second-order valence-electron chi connectivity index (χ2n) is 2.91. The average molecular weight is 156 g/mol. The van der Waals surface area contributed by atoms with Crippen LogP contribution in [0.5, 0.6) is 0 Å². The lowest BCUT2D eigenvalue weighted by atomic mass is 10.1. The first-order valence-electron chi connectivity index (χ1n) is 3.96. The summed E-state index contributed by atoms with van der Waals surface area (Å²) in [5.74, 6) is 0.353. The van der Waals surface area contributed by atoms with E-state index in [2.05, 4.69) is 20.4 Å². The summed E-state index contributed by atoms with van der Waals surface area (Å²) >= 11 is 0. The van der Waals surface area contributed by atoms with E-state index in [1.54, 1.807) is 0 Å². The van der Waals surface area contributed by atoms with Crippen LogP contribution < -0.4 is 0 Å². The Labute approximate surface area is 68.2 Å². The minimum atomic E-state index is -0.325. The maximum atomic E-state index is 10.5. The second-order valence-corrected chi connectivity index (χ2v) is 2.91. The second kappa shape index (κ2) is 5.96. The van der Waals surface area contributed by atoms with E-state index in [0.29, 0.717) is 12.5 Å². The molecule has 0 aliphatic rings. The number of hydrogen-bond acceptors (Lipinski definition) is 2. The smallest absolute Gasteiger partial charge is 0.330 e. The minimum absolute atomic E-state index is 0.325. The van der Waals surface area contributed by atoms with Crippen LogP contribution >= 0.6 is 0 Å². The van der Waals surface area contributed by atoms with Crippen molar-refractivity contribution in [1.29, 1.82) is 0 Å². The molecule has 0 heterocycles. The standard InChI is InChI=1S/C9H16O2/c1-4-9(10)11-7-5-6-8(2)3/h4,8H,1,5-7H2,2-3H3. The topological polar surface area (TPSA) is 26.3 Å². The van der Waals surface area contributed by atoms with Gasteiger partial charge < -0.3 is 4.74 Å². The number of hydrogen-bond donors (Lipinski definition) is 0. The molecule has 0 fully saturated rings. The van der Waals surface area contributed by atoms with Crippen LogP contribution in [-0.4, -0.2) is 12.6 Å². The number of rotatable bonds is 5. The van der Waals surface area contributed by atoms with Gasteiger partial charge in [0.25, 0.3) is 0 Å². The van der Waals surface area contributed by atoms with E-state index in [1.807, 2.05) is 0 Å². The van der Waals surface area contributed by atoms with Crippen molar-refractivity contribution in [2.45, 2.75) is 26.7 Å². The van der Waals surface area contributed by atoms with Crippen molar-refractivity contribution in [3.05, 3.63) is 12.7 Å². The molecule has 0 aliphatic heterocycles. The van der Waals surface area contributed by atoms with Crippen molar-refractivity contribution in [3.8, 4) is 0 Å². The van der Waals surface area contributed by atoms with Crippen molar-refractivity contribution < 1.29 is 9.53 Å². The van der Waals surface area contributed by atoms with Gasteiger partial charge in [0.05, 0.1) is 6.61 Å². The third kappa shape index (κ3) is 7.10. The van der Waals surface area contributed by atoms with Crippen LogP contribution in [0.1, 0.15) is 26.7 Å². The fourth-order valence-corrected chi connectivity index (χ4v) is 0.723. The molecule has 0 atom stereocenters. The summed E-state index contributed by atoms with van der Waals surface area (Å²) in [6.45, 7) is 8.11. The molecule has 0 spiro atoms. The summed E-state index contributed by atoms with van der Waals surface area (Å²) in [6.07, 6.45) is 3.23. The van der Waals surface area contributed by atoms with E-state index in [-0.39, 0.29) is 5.97 Å². The van der Waals surface area contributed by atoms with E-state index < -0.39 is 0 Å². The van der Waals surface area contributed by atoms with Crippen LogP contribution in [-0.2, 0) is 9.53 Å². The quantitative estimate of drug-likeness (QED) is 0.346. The number of carbonyl (C=O) groups is 1. The Morgan fingerprint density at radius 3 is 2.73 bits per heavy atom. The van der Waals surface area contributed by atoms with Gasteiger partial charge in [0.15, 0.2) is 0 Å². The molecule has 11 heavy (non-hydrogen) atoms. The summed E-state index contributed by atoms with van der Waals surface area (Å²) in [5, 5.41) is 0. The highest BCUT2D eigenvalue weighted by Crippen LogP contribution is 2.02. The fraction of sp³-hybridized carbons (Fsp3) is 0.667. The lowest BCUT2D eigenvalue weighted by Gasteiger charge is -2.03. The van der Waals surface area contributed by atoms with Crippen LogP contribution in [0.25, 0.3) is 0 Å². The molecule has 0 unspecified atom stereocenters. The Kier molecular flexibility index (Phi) is 5.53. The van der Waals surface area contributed by atoms with Gasteiger partial charge in [0.1, 0.15) is 0 Å². The summed E-state index contributed by atoms with van der Waals surface area (Å²) in [4.78, 5) is 10.5. The lowest BCUT2D eigenvalue weighted by Crippen LogP contribution is -2.02. The summed E-state index contributed by atoms with van der Waals surface area (Å²) in [6, 6.07) is 0. The van der Waals surface area contributed by atoms with Crippen molar-refractivity contribution in [2.75, 3.05) is 6.61 Å². The normalized spacial score (nSPS) is 9.73. The zero-order chi connectivity index (χ0) is 8.69. The first kappa shape index (κ1) is 10.2. The predicted octanol–water partition coefficient (Wildman–Crippen LogP) is 2.15. The molecule has 64 valence electrons. The summed E-state index contributed by atoms with van der Waals surface area (Å²) in [7, 11) is 0. The molecule has 0 aliphatic carbocycles. The molecular weight excluding hydrogens is 140 g/mol. The van der Waals surface area contributed by atoms with Crippen LogP contribution in [0.3, 0.4) is 0 Å². The van der Waals surface area contributed by atoms with Gasteiger partial charge in [-0.05, 0) is 18.8 Å². The van der Waals surface area contributed by atoms with Crippen molar-refractivity contribution in [3.63, 3.8) is 0 Å². The molecule has 0 aromatic carbocycles. The van der Waals surface area contributed by atoms with Crippen molar-refractivity contribution >= 4 is 5.97 Å². The minimum Gasteiger partial charge on any atom is -0.463 e. The zero-order valence-electron chi connectivity index (χ0n) is 7.30. The highest BCUT2D eigenvalue weighted by Gasteiger charge is 1.96. The molecule has 0 bridgehead atoms. The van der Waals surface area contributed by atoms with Gasteiger partial charge >= 0.3 is 5.97 Å². The van der Waals surface area contributed by atoms with Gasteiger partial charge in [0.2, 0.25) is 0 Å². The van der Waals surface area contributed by atoms with Crippen LogP contribution in [0.15, 0.2) is 12.7 Å². The number of ether oxygens (including phenoxy) is 1. The molecule has 0 N–H and O–H groups in total. The highest BCUT2D eigenvalue weighted by molar-refractivity contribution is 5.81.